The molecule has 6 heteroatoms. The highest BCUT2D eigenvalue weighted by atomic mass is 19.4. The number of rotatable bonds is 4. The van der Waals surface area contributed by atoms with Crippen molar-refractivity contribution in [2.24, 2.45) is 0 Å². The van der Waals surface area contributed by atoms with Crippen LogP contribution in [0.5, 0.6) is 0 Å². The molecule has 2 rings (SSSR count). The summed E-state index contributed by atoms with van der Waals surface area (Å²) in [4.78, 5) is 12.3. The SMILES string of the molecule is COC(C(=O)Nc1ccc(C)c(C(F)(F)F)c1)c1ccccc1. The summed E-state index contributed by atoms with van der Waals surface area (Å²) in [6.45, 7) is 1.37. The number of hydrogen-bond acceptors (Lipinski definition) is 2. The van der Waals surface area contributed by atoms with Crippen LogP contribution in [0.1, 0.15) is 22.8 Å². The lowest BCUT2D eigenvalue weighted by molar-refractivity contribution is -0.138. The number of anilines is 1. The number of carbonyl (C=O) groups excluding carboxylic acids is 1. The molecule has 0 fully saturated rings. The van der Waals surface area contributed by atoms with Crippen molar-refractivity contribution in [2.75, 3.05) is 12.4 Å². The maximum absolute atomic E-state index is 12.9. The zero-order chi connectivity index (χ0) is 17.0. The number of methoxy groups -OCH3 is 1. The Morgan fingerprint density at radius 1 is 1.13 bits per heavy atom. The second-order valence-electron chi connectivity index (χ2n) is 5.04. The molecular weight excluding hydrogens is 307 g/mol. The molecule has 3 nitrogen and oxygen atoms in total. The van der Waals surface area contributed by atoms with Crippen LogP contribution in [-0.4, -0.2) is 13.0 Å². The van der Waals surface area contributed by atoms with Crippen LogP contribution in [-0.2, 0) is 15.7 Å². The van der Waals surface area contributed by atoms with Gasteiger partial charge in [0.1, 0.15) is 0 Å². The van der Waals surface area contributed by atoms with Gasteiger partial charge in [0.2, 0.25) is 0 Å². The van der Waals surface area contributed by atoms with E-state index in [1.54, 1.807) is 30.3 Å². The third kappa shape index (κ3) is 4.10. The van der Waals surface area contributed by atoms with E-state index in [4.69, 9.17) is 4.74 Å². The maximum atomic E-state index is 12.9. The third-order valence-electron chi connectivity index (χ3n) is 3.39. The van der Waals surface area contributed by atoms with Gasteiger partial charge in [-0.3, -0.25) is 4.79 Å². The van der Waals surface area contributed by atoms with E-state index in [-0.39, 0.29) is 11.3 Å². The first kappa shape index (κ1) is 17.0. The highest BCUT2D eigenvalue weighted by molar-refractivity contribution is 5.95. The predicted octanol–water partition coefficient (Wildman–Crippen LogP) is 4.34. The molecule has 0 spiro atoms. The smallest absolute Gasteiger partial charge is 0.367 e. The Morgan fingerprint density at radius 3 is 2.35 bits per heavy atom. The molecule has 0 aliphatic rings. The molecular formula is C17H16F3NO2. The molecule has 23 heavy (non-hydrogen) atoms. The lowest BCUT2D eigenvalue weighted by Crippen LogP contribution is -2.23. The second kappa shape index (κ2) is 6.83. The normalized spacial score (nSPS) is 12.7. The monoisotopic (exact) mass is 323 g/mol. The molecule has 1 unspecified atom stereocenters. The Bertz CT molecular complexity index is 684. The molecule has 1 atom stereocenters. The number of amides is 1. The van der Waals surface area contributed by atoms with Gasteiger partial charge in [-0.2, -0.15) is 13.2 Å². The molecule has 1 amide bonds. The molecule has 0 saturated carbocycles. The molecule has 0 radical (unpaired) electrons. The standard InChI is InChI=1S/C17H16F3NO2/c1-11-8-9-13(10-14(11)17(18,19)20)21-16(22)15(23-2)12-6-4-3-5-7-12/h3-10,15H,1-2H3,(H,21,22). The molecule has 122 valence electrons. The first-order chi connectivity index (χ1) is 10.8. The summed E-state index contributed by atoms with van der Waals surface area (Å²) in [6.07, 6.45) is -5.36. The Morgan fingerprint density at radius 2 is 1.78 bits per heavy atom. The highest BCUT2D eigenvalue weighted by Crippen LogP contribution is 2.33. The van der Waals surface area contributed by atoms with Crippen molar-refractivity contribution in [1.29, 1.82) is 0 Å². The van der Waals surface area contributed by atoms with Crippen LogP contribution < -0.4 is 5.32 Å². The largest absolute Gasteiger partial charge is 0.416 e. The fourth-order valence-corrected chi connectivity index (χ4v) is 2.24. The van der Waals surface area contributed by atoms with Gasteiger partial charge in [-0.05, 0) is 30.2 Å². The van der Waals surface area contributed by atoms with Crippen molar-refractivity contribution < 1.29 is 22.7 Å². The average Bonchev–Trinajstić information content (AvgIpc) is 2.50. The van der Waals surface area contributed by atoms with Gasteiger partial charge >= 0.3 is 6.18 Å². The molecule has 0 saturated heterocycles. The van der Waals surface area contributed by atoms with E-state index in [1.807, 2.05) is 0 Å². The summed E-state index contributed by atoms with van der Waals surface area (Å²) < 4.78 is 43.9. The zero-order valence-electron chi connectivity index (χ0n) is 12.6. The van der Waals surface area contributed by atoms with Gasteiger partial charge in [0.25, 0.3) is 5.91 Å². The number of ether oxygens (including phenoxy) is 1. The van der Waals surface area contributed by atoms with E-state index in [9.17, 15) is 18.0 Å². The fraction of sp³-hybridized carbons (Fsp3) is 0.235. The van der Waals surface area contributed by atoms with Crippen molar-refractivity contribution in [2.45, 2.75) is 19.2 Å². The Hall–Kier alpha value is -2.34. The quantitative estimate of drug-likeness (QED) is 0.909. The van der Waals surface area contributed by atoms with Crippen LogP contribution in [0.25, 0.3) is 0 Å². The number of benzene rings is 2. The lowest BCUT2D eigenvalue weighted by Gasteiger charge is -2.17. The van der Waals surface area contributed by atoms with Crippen LogP contribution >= 0.6 is 0 Å². The highest BCUT2D eigenvalue weighted by Gasteiger charge is 2.32. The molecule has 1 N–H and O–H groups in total. The van der Waals surface area contributed by atoms with Crippen LogP contribution in [0.15, 0.2) is 48.5 Å². The summed E-state index contributed by atoms with van der Waals surface area (Å²) in [6, 6.07) is 12.4. The van der Waals surface area contributed by atoms with Crippen LogP contribution in [0.2, 0.25) is 0 Å². The minimum absolute atomic E-state index is 0.0749. The van der Waals surface area contributed by atoms with E-state index in [2.05, 4.69) is 5.32 Å². The van der Waals surface area contributed by atoms with Gasteiger partial charge in [0, 0.05) is 12.8 Å². The van der Waals surface area contributed by atoms with Crippen LogP contribution in [0.4, 0.5) is 18.9 Å². The Labute approximate surface area is 132 Å². The summed E-state index contributed by atoms with van der Waals surface area (Å²) in [5.41, 5.74) is 0.0207. The van der Waals surface area contributed by atoms with E-state index < -0.39 is 23.8 Å². The third-order valence-corrected chi connectivity index (χ3v) is 3.39. The molecule has 2 aromatic carbocycles. The Balaban J connectivity index is 2.23. The second-order valence-corrected chi connectivity index (χ2v) is 5.04. The van der Waals surface area contributed by atoms with E-state index in [0.717, 1.165) is 6.07 Å². The minimum Gasteiger partial charge on any atom is -0.367 e. The van der Waals surface area contributed by atoms with E-state index >= 15 is 0 Å². The summed E-state index contributed by atoms with van der Waals surface area (Å²) in [5, 5.41) is 2.47. The van der Waals surface area contributed by atoms with Crippen molar-refractivity contribution in [3.63, 3.8) is 0 Å². The van der Waals surface area contributed by atoms with Gasteiger partial charge in [-0.25, -0.2) is 0 Å². The van der Waals surface area contributed by atoms with Gasteiger partial charge in [0.15, 0.2) is 6.10 Å². The number of halogens is 3. The molecule has 0 aliphatic heterocycles. The van der Waals surface area contributed by atoms with Crippen molar-refractivity contribution in [3.8, 4) is 0 Å². The number of alkyl halides is 3. The Kier molecular flexibility index (Phi) is 5.05. The summed E-state index contributed by atoms with van der Waals surface area (Å²) >= 11 is 0. The van der Waals surface area contributed by atoms with Crippen LogP contribution in [0, 0.1) is 6.92 Å². The van der Waals surface area contributed by atoms with Crippen molar-refractivity contribution >= 4 is 11.6 Å². The first-order valence-corrected chi connectivity index (χ1v) is 6.89. The lowest BCUT2D eigenvalue weighted by atomic mass is 10.1. The maximum Gasteiger partial charge on any atom is 0.416 e. The summed E-state index contributed by atoms with van der Waals surface area (Å²) in [7, 11) is 1.37. The minimum atomic E-state index is -4.47. The molecule has 0 aliphatic carbocycles. The van der Waals surface area contributed by atoms with Gasteiger partial charge in [-0.15, -0.1) is 0 Å². The zero-order valence-corrected chi connectivity index (χ0v) is 12.6. The van der Waals surface area contributed by atoms with Crippen LogP contribution in [0.3, 0.4) is 0 Å². The summed E-state index contributed by atoms with van der Waals surface area (Å²) in [5.74, 6) is -0.532. The topological polar surface area (TPSA) is 38.3 Å². The fourth-order valence-electron chi connectivity index (χ4n) is 2.24. The molecule has 0 aromatic heterocycles. The number of carbonyl (C=O) groups is 1. The molecule has 0 heterocycles. The van der Waals surface area contributed by atoms with E-state index in [0.29, 0.717) is 5.56 Å². The number of nitrogens with one attached hydrogen (secondary N) is 1. The van der Waals surface area contributed by atoms with Gasteiger partial charge in [0.05, 0.1) is 5.56 Å². The van der Waals surface area contributed by atoms with Gasteiger partial charge in [-0.1, -0.05) is 36.4 Å². The van der Waals surface area contributed by atoms with E-state index in [1.165, 1.54) is 26.2 Å². The number of aryl methyl sites for hydroxylation is 1. The first-order valence-electron chi connectivity index (χ1n) is 6.89. The number of hydrogen-bond donors (Lipinski definition) is 1. The van der Waals surface area contributed by atoms with Crippen molar-refractivity contribution in [1.82, 2.24) is 0 Å². The molecule has 0 bridgehead atoms. The molecule has 2 aromatic rings. The van der Waals surface area contributed by atoms with Crippen molar-refractivity contribution in [3.05, 3.63) is 65.2 Å². The predicted molar refractivity (Wildman–Crippen MR) is 81.0 cm³/mol. The van der Waals surface area contributed by atoms with Gasteiger partial charge < -0.3 is 10.1 Å². The average molecular weight is 323 g/mol.